The number of hydrogen-bond donors (Lipinski definition) is 1. The molecule has 2 rings (SSSR count). The third kappa shape index (κ3) is 1.92. The zero-order valence-corrected chi connectivity index (χ0v) is 8.26. The minimum atomic E-state index is 0.118. The van der Waals surface area contributed by atoms with Gasteiger partial charge in [0.2, 0.25) is 0 Å². The van der Waals surface area contributed by atoms with Crippen molar-refractivity contribution in [3.8, 4) is 0 Å². The van der Waals surface area contributed by atoms with Gasteiger partial charge in [0.1, 0.15) is 0 Å². The summed E-state index contributed by atoms with van der Waals surface area (Å²) in [5, 5.41) is 20.4. The Morgan fingerprint density at radius 2 is 2.07 bits per heavy atom. The number of tetrazole rings is 1. The van der Waals surface area contributed by atoms with E-state index in [0.717, 1.165) is 5.82 Å². The van der Waals surface area contributed by atoms with E-state index in [9.17, 15) is 0 Å². The molecule has 0 bridgehead atoms. The van der Waals surface area contributed by atoms with Crippen LogP contribution in [0.15, 0.2) is 0 Å². The summed E-state index contributed by atoms with van der Waals surface area (Å²) in [6, 6.07) is 0.459. The maximum atomic E-state index is 8.85. The van der Waals surface area contributed by atoms with Gasteiger partial charge in [0, 0.05) is 6.42 Å². The summed E-state index contributed by atoms with van der Waals surface area (Å²) in [6.07, 6.45) is 6.76. The topological polar surface area (TPSA) is 63.8 Å². The first-order valence-corrected chi connectivity index (χ1v) is 5.29. The average molecular weight is 196 g/mol. The fourth-order valence-corrected chi connectivity index (χ4v) is 2.09. The molecule has 78 valence electrons. The molecule has 0 atom stereocenters. The largest absolute Gasteiger partial charge is 0.396 e. The molecule has 5 nitrogen and oxygen atoms in total. The fourth-order valence-electron chi connectivity index (χ4n) is 2.09. The van der Waals surface area contributed by atoms with Gasteiger partial charge in [-0.15, -0.1) is 5.10 Å². The van der Waals surface area contributed by atoms with Crippen LogP contribution in [0.3, 0.4) is 0 Å². The first kappa shape index (κ1) is 9.58. The summed E-state index contributed by atoms with van der Waals surface area (Å²) < 4.78 is 1.90. The molecule has 1 saturated carbocycles. The Bertz CT molecular complexity index is 280. The maximum absolute atomic E-state index is 8.85. The van der Waals surface area contributed by atoms with Crippen LogP contribution in [-0.2, 0) is 6.42 Å². The molecule has 1 fully saturated rings. The van der Waals surface area contributed by atoms with Crippen molar-refractivity contribution in [2.75, 3.05) is 6.61 Å². The monoisotopic (exact) mass is 196 g/mol. The molecule has 0 saturated heterocycles. The lowest BCUT2D eigenvalue weighted by Crippen LogP contribution is -2.17. The van der Waals surface area contributed by atoms with Gasteiger partial charge in [-0.2, -0.15) is 0 Å². The molecule has 1 aromatic rings. The van der Waals surface area contributed by atoms with Crippen molar-refractivity contribution in [1.82, 2.24) is 20.2 Å². The third-order valence-electron chi connectivity index (χ3n) is 2.82. The SMILES string of the molecule is OCCc1nnnn1C1CCCCC1. The molecular formula is C9H16N4O. The van der Waals surface area contributed by atoms with Crippen LogP contribution in [0.25, 0.3) is 0 Å². The third-order valence-corrected chi connectivity index (χ3v) is 2.82. The summed E-state index contributed by atoms with van der Waals surface area (Å²) in [4.78, 5) is 0. The molecule has 0 aromatic carbocycles. The van der Waals surface area contributed by atoms with Gasteiger partial charge in [0.05, 0.1) is 12.6 Å². The van der Waals surface area contributed by atoms with Gasteiger partial charge in [-0.3, -0.25) is 0 Å². The highest BCUT2D eigenvalue weighted by molar-refractivity contribution is 4.85. The average Bonchev–Trinajstić information content (AvgIpc) is 2.68. The maximum Gasteiger partial charge on any atom is 0.153 e. The summed E-state index contributed by atoms with van der Waals surface area (Å²) in [5.74, 6) is 0.819. The quantitative estimate of drug-likeness (QED) is 0.773. The van der Waals surface area contributed by atoms with Gasteiger partial charge in [-0.25, -0.2) is 4.68 Å². The van der Waals surface area contributed by atoms with Crippen LogP contribution >= 0.6 is 0 Å². The number of hydrogen-bond acceptors (Lipinski definition) is 4. The van der Waals surface area contributed by atoms with Crippen LogP contribution in [0.2, 0.25) is 0 Å². The van der Waals surface area contributed by atoms with E-state index in [1.165, 1.54) is 32.1 Å². The number of aliphatic hydroxyl groups is 1. The Labute approximate surface area is 83.1 Å². The van der Waals surface area contributed by atoms with Gasteiger partial charge < -0.3 is 5.11 Å². The van der Waals surface area contributed by atoms with Gasteiger partial charge in [-0.05, 0) is 23.3 Å². The molecule has 1 aliphatic rings. The van der Waals surface area contributed by atoms with Crippen LogP contribution in [0.4, 0.5) is 0 Å². The normalized spacial score (nSPS) is 18.6. The van der Waals surface area contributed by atoms with Gasteiger partial charge >= 0.3 is 0 Å². The molecule has 5 heteroatoms. The molecular weight excluding hydrogens is 180 g/mol. The Morgan fingerprint density at radius 1 is 1.29 bits per heavy atom. The highest BCUT2D eigenvalue weighted by Crippen LogP contribution is 2.27. The molecule has 1 heterocycles. The van der Waals surface area contributed by atoms with E-state index in [1.807, 2.05) is 4.68 Å². The standard InChI is InChI=1S/C9H16N4O/c14-7-6-9-10-11-12-13(9)8-4-2-1-3-5-8/h8,14H,1-7H2. The highest BCUT2D eigenvalue weighted by atomic mass is 16.3. The van der Waals surface area contributed by atoms with Gasteiger partial charge in [0.25, 0.3) is 0 Å². The van der Waals surface area contributed by atoms with Crippen LogP contribution in [0, 0.1) is 0 Å². The Hall–Kier alpha value is -0.970. The highest BCUT2D eigenvalue weighted by Gasteiger charge is 2.19. The van der Waals surface area contributed by atoms with Crippen LogP contribution in [0.5, 0.6) is 0 Å². The van der Waals surface area contributed by atoms with Crippen LogP contribution in [-0.4, -0.2) is 31.9 Å². The second-order valence-corrected chi connectivity index (χ2v) is 3.81. The minimum Gasteiger partial charge on any atom is -0.396 e. The van der Waals surface area contributed by atoms with Crippen molar-refractivity contribution < 1.29 is 5.11 Å². The molecule has 0 unspecified atom stereocenters. The van der Waals surface area contributed by atoms with E-state index < -0.39 is 0 Å². The van der Waals surface area contributed by atoms with E-state index >= 15 is 0 Å². The summed E-state index contributed by atoms with van der Waals surface area (Å²) in [5.41, 5.74) is 0. The number of nitrogens with zero attached hydrogens (tertiary/aromatic N) is 4. The molecule has 1 aliphatic carbocycles. The molecule has 14 heavy (non-hydrogen) atoms. The molecule has 1 aromatic heterocycles. The van der Waals surface area contributed by atoms with E-state index in [0.29, 0.717) is 12.5 Å². The number of aromatic nitrogens is 4. The minimum absolute atomic E-state index is 0.118. The van der Waals surface area contributed by atoms with Crippen molar-refractivity contribution in [1.29, 1.82) is 0 Å². The van der Waals surface area contributed by atoms with E-state index in [-0.39, 0.29) is 6.61 Å². The molecule has 0 radical (unpaired) electrons. The molecule has 1 N–H and O–H groups in total. The fraction of sp³-hybridized carbons (Fsp3) is 0.889. The Balaban J connectivity index is 2.09. The van der Waals surface area contributed by atoms with E-state index in [4.69, 9.17) is 5.11 Å². The molecule has 0 spiro atoms. The first-order chi connectivity index (χ1) is 6.92. The predicted octanol–water partition coefficient (Wildman–Crippen LogP) is 0.713. The summed E-state index contributed by atoms with van der Waals surface area (Å²) in [6.45, 7) is 0.118. The second-order valence-electron chi connectivity index (χ2n) is 3.81. The summed E-state index contributed by atoms with van der Waals surface area (Å²) in [7, 11) is 0. The zero-order valence-electron chi connectivity index (χ0n) is 8.26. The Morgan fingerprint density at radius 3 is 2.79 bits per heavy atom. The van der Waals surface area contributed by atoms with Crippen molar-refractivity contribution in [3.63, 3.8) is 0 Å². The van der Waals surface area contributed by atoms with Gasteiger partial charge in [-0.1, -0.05) is 19.3 Å². The molecule has 0 amide bonds. The van der Waals surface area contributed by atoms with E-state index in [1.54, 1.807) is 0 Å². The summed E-state index contributed by atoms with van der Waals surface area (Å²) >= 11 is 0. The lowest BCUT2D eigenvalue weighted by atomic mass is 9.95. The van der Waals surface area contributed by atoms with Crippen LogP contribution in [0.1, 0.15) is 44.0 Å². The molecule has 0 aliphatic heterocycles. The van der Waals surface area contributed by atoms with E-state index in [2.05, 4.69) is 15.5 Å². The number of rotatable bonds is 3. The smallest absolute Gasteiger partial charge is 0.153 e. The lowest BCUT2D eigenvalue weighted by molar-refractivity contribution is 0.280. The van der Waals surface area contributed by atoms with Gasteiger partial charge in [0.15, 0.2) is 5.82 Å². The number of aliphatic hydroxyl groups excluding tert-OH is 1. The van der Waals surface area contributed by atoms with Crippen molar-refractivity contribution in [3.05, 3.63) is 5.82 Å². The van der Waals surface area contributed by atoms with Crippen molar-refractivity contribution in [2.24, 2.45) is 0 Å². The second kappa shape index (κ2) is 4.50. The predicted molar refractivity (Wildman–Crippen MR) is 50.7 cm³/mol. The lowest BCUT2D eigenvalue weighted by Gasteiger charge is -2.22. The Kier molecular flexibility index (Phi) is 3.08. The van der Waals surface area contributed by atoms with Crippen molar-refractivity contribution in [2.45, 2.75) is 44.6 Å². The van der Waals surface area contributed by atoms with Crippen molar-refractivity contribution >= 4 is 0 Å². The first-order valence-electron chi connectivity index (χ1n) is 5.29. The zero-order chi connectivity index (χ0) is 9.80. The van der Waals surface area contributed by atoms with Crippen LogP contribution < -0.4 is 0 Å².